The van der Waals surface area contributed by atoms with Crippen molar-refractivity contribution < 1.29 is 19.0 Å². The molecular weight excluding hydrogens is 384 g/mol. The normalized spacial score (nSPS) is 16.2. The third-order valence-electron chi connectivity index (χ3n) is 5.34. The van der Waals surface area contributed by atoms with E-state index in [2.05, 4.69) is 4.90 Å². The standard InChI is InChI=1S/C22H26N4O4/c1-13-10-18(25-9-8-17(12-25)30-15(3)27)22-23-14(2)21(26(22)24-13)16-6-7-19(28-4)20(11-16)29-5/h6-7,10-11,17H,8-9,12H2,1-5H3/t17-/m1/s1. The van der Waals surface area contributed by atoms with Gasteiger partial charge in [0, 0.05) is 25.5 Å². The van der Waals surface area contributed by atoms with Crippen molar-refractivity contribution >= 4 is 17.3 Å². The summed E-state index contributed by atoms with van der Waals surface area (Å²) in [6.07, 6.45) is 0.701. The van der Waals surface area contributed by atoms with Gasteiger partial charge >= 0.3 is 5.97 Å². The Balaban J connectivity index is 1.79. The molecule has 1 aliphatic heterocycles. The highest BCUT2D eigenvalue weighted by Gasteiger charge is 2.28. The zero-order chi connectivity index (χ0) is 21.4. The SMILES string of the molecule is COc1ccc(-c2c(C)nc3c(N4CC[C@@H](OC(C)=O)C4)cc(C)nn23)cc1OC. The van der Waals surface area contributed by atoms with Crippen molar-refractivity contribution in [3.8, 4) is 22.8 Å². The van der Waals surface area contributed by atoms with Crippen LogP contribution in [0.2, 0.25) is 0 Å². The van der Waals surface area contributed by atoms with Crippen LogP contribution in [0.1, 0.15) is 24.7 Å². The van der Waals surface area contributed by atoms with Gasteiger partial charge in [0.2, 0.25) is 0 Å². The number of aromatic nitrogens is 3. The second-order valence-corrected chi connectivity index (χ2v) is 7.49. The monoisotopic (exact) mass is 410 g/mol. The highest BCUT2D eigenvalue weighted by Crippen LogP contribution is 2.35. The van der Waals surface area contributed by atoms with Crippen LogP contribution in [0, 0.1) is 13.8 Å². The maximum atomic E-state index is 11.3. The van der Waals surface area contributed by atoms with E-state index < -0.39 is 0 Å². The first-order chi connectivity index (χ1) is 14.4. The summed E-state index contributed by atoms with van der Waals surface area (Å²) < 4.78 is 18.1. The van der Waals surface area contributed by atoms with Crippen molar-refractivity contribution in [2.24, 2.45) is 0 Å². The molecule has 8 heteroatoms. The Kier molecular flexibility index (Phi) is 5.24. The first-order valence-corrected chi connectivity index (χ1v) is 9.92. The molecule has 0 unspecified atom stereocenters. The predicted octanol–water partition coefficient (Wildman–Crippen LogP) is 3.17. The number of imidazole rings is 1. The van der Waals surface area contributed by atoms with Crippen LogP contribution in [0.4, 0.5) is 5.69 Å². The quantitative estimate of drug-likeness (QED) is 0.598. The molecule has 1 aromatic carbocycles. The average Bonchev–Trinajstić information content (AvgIpc) is 3.30. The molecule has 2 aromatic heterocycles. The van der Waals surface area contributed by atoms with Crippen LogP contribution in [0.5, 0.6) is 11.5 Å². The summed E-state index contributed by atoms with van der Waals surface area (Å²) in [5, 5.41) is 4.74. The van der Waals surface area contributed by atoms with Gasteiger partial charge in [0.05, 0.1) is 43.5 Å². The van der Waals surface area contributed by atoms with Gasteiger partial charge in [-0.05, 0) is 38.1 Å². The van der Waals surface area contributed by atoms with Crippen LogP contribution >= 0.6 is 0 Å². The second-order valence-electron chi connectivity index (χ2n) is 7.49. The zero-order valence-electron chi connectivity index (χ0n) is 17.9. The molecule has 1 saturated heterocycles. The Hall–Kier alpha value is -3.29. The Morgan fingerprint density at radius 3 is 2.60 bits per heavy atom. The zero-order valence-corrected chi connectivity index (χ0v) is 17.9. The lowest BCUT2D eigenvalue weighted by molar-refractivity contribution is -0.145. The lowest BCUT2D eigenvalue weighted by atomic mass is 10.1. The van der Waals surface area contributed by atoms with E-state index in [1.165, 1.54) is 6.92 Å². The van der Waals surface area contributed by atoms with Gasteiger partial charge < -0.3 is 19.1 Å². The summed E-state index contributed by atoms with van der Waals surface area (Å²) in [6.45, 7) is 6.84. The lowest BCUT2D eigenvalue weighted by Gasteiger charge is -2.19. The van der Waals surface area contributed by atoms with Gasteiger partial charge in [-0.25, -0.2) is 9.50 Å². The van der Waals surface area contributed by atoms with Crippen molar-refractivity contribution in [1.29, 1.82) is 0 Å². The number of methoxy groups -OCH3 is 2. The summed E-state index contributed by atoms with van der Waals surface area (Å²) in [7, 11) is 3.24. The summed E-state index contributed by atoms with van der Waals surface area (Å²) in [5.74, 6) is 1.08. The minimum Gasteiger partial charge on any atom is -0.493 e. The van der Waals surface area contributed by atoms with Gasteiger partial charge in [-0.15, -0.1) is 0 Å². The molecular formula is C22H26N4O4. The number of esters is 1. The van der Waals surface area contributed by atoms with Crippen LogP contribution in [0.25, 0.3) is 16.9 Å². The van der Waals surface area contributed by atoms with E-state index in [-0.39, 0.29) is 12.1 Å². The number of nitrogens with zero attached hydrogens (tertiary/aromatic N) is 4. The summed E-state index contributed by atoms with van der Waals surface area (Å²) in [5.41, 5.74) is 5.38. The van der Waals surface area contributed by atoms with Crippen molar-refractivity contribution in [2.45, 2.75) is 33.3 Å². The number of fused-ring (bicyclic) bond motifs is 1. The van der Waals surface area contributed by atoms with Gasteiger partial charge in [0.1, 0.15) is 6.10 Å². The molecule has 0 spiro atoms. The van der Waals surface area contributed by atoms with E-state index in [0.29, 0.717) is 18.0 Å². The number of benzene rings is 1. The first kappa shape index (κ1) is 20.0. The highest BCUT2D eigenvalue weighted by molar-refractivity contribution is 5.77. The Bertz CT molecular complexity index is 1110. The largest absolute Gasteiger partial charge is 0.493 e. The number of carbonyl (C=O) groups excluding carboxylic acids is 1. The van der Waals surface area contributed by atoms with Gasteiger partial charge in [0.25, 0.3) is 0 Å². The molecule has 30 heavy (non-hydrogen) atoms. The maximum Gasteiger partial charge on any atom is 0.302 e. The number of hydrogen-bond acceptors (Lipinski definition) is 7. The molecule has 1 aliphatic rings. The Morgan fingerprint density at radius 2 is 1.90 bits per heavy atom. The number of hydrogen-bond donors (Lipinski definition) is 0. The molecule has 0 radical (unpaired) electrons. The average molecular weight is 410 g/mol. The molecule has 0 aliphatic carbocycles. The van der Waals surface area contributed by atoms with Crippen molar-refractivity contribution in [3.05, 3.63) is 35.7 Å². The summed E-state index contributed by atoms with van der Waals surface area (Å²) in [4.78, 5) is 18.4. The van der Waals surface area contributed by atoms with Crippen LogP contribution in [-0.2, 0) is 9.53 Å². The molecule has 3 aromatic rings. The van der Waals surface area contributed by atoms with E-state index in [9.17, 15) is 4.79 Å². The van der Waals surface area contributed by atoms with E-state index in [4.69, 9.17) is 24.3 Å². The van der Waals surface area contributed by atoms with Gasteiger partial charge in [0.15, 0.2) is 17.1 Å². The number of carbonyl (C=O) groups is 1. The van der Waals surface area contributed by atoms with Crippen LogP contribution in [0.3, 0.4) is 0 Å². The second kappa shape index (κ2) is 7.85. The molecule has 1 fully saturated rings. The third kappa shape index (κ3) is 3.53. The fraction of sp³-hybridized carbons (Fsp3) is 0.409. The third-order valence-corrected chi connectivity index (χ3v) is 5.34. The van der Waals surface area contributed by atoms with Crippen LogP contribution in [0.15, 0.2) is 24.3 Å². The molecule has 3 heterocycles. The maximum absolute atomic E-state index is 11.3. The minimum absolute atomic E-state index is 0.0996. The van der Waals surface area contributed by atoms with Crippen molar-refractivity contribution in [1.82, 2.24) is 14.6 Å². The van der Waals surface area contributed by atoms with E-state index in [0.717, 1.165) is 46.9 Å². The van der Waals surface area contributed by atoms with Crippen LogP contribution in [-0.4, -0.2) is 54.0 Å². The molecule has 0 amide bonds. The van der Waals surface area contributed by atoms with Crippen molar-refractivity contribution in [2.75, 3.05) is 32.2 Å². The molecule has 4 rings (SSSR count). The number of ether oxygens (including phenoxy) is 3. The van der Waals surface area contributed by atoms with Gasteiger partial charge in [-0.1, -0.05) is 0 Å². The predicted molar refractivity (Wildman–Crippen MR) is 113 cm³/mol. The van der Waals surface area contributed by atoms with E-state index >= 15 is 0 Å². The highest BCUT2D eigenvalue weighted by atomic mass is 16.5. The fourth-order valence-corrected chi connectivity index (χ4v) is 4.06. The Morgan fingerprint density at radius 1 is 1.13 bits per heavy atom. The lowest BCUT2D eigenvalue weighted by Crippen LogP contribution is -2.25. The molecule has 0 N–H and O–H groups in total. The number of anilines is 1. The van der Waals surface area contributed by atoms with E-state index in [1.807, 2.05) is 42.6 Å². The fourth-order valence-electron chi connectivity index (χ4n) is 4.06. The molecule has 1 atom stereocenters. The van der Waals surface area contributed by atoms with Gasteiger partial charge in [-0.2, -0.15) is 5.10 Å². The minimum atomic E-state index is -0.245. The summed E-state index contributed by atoms with van der Waals surface area (Å²) >= 11 is 0. The number of rotatable bonds is 5. The topological polar surface area (TPSA) is 78.2 Å². The Labute approximate surface area is 175 Å². The molecule has 0 saturated carbocycles. The first-order valence-electron chi connectivity index (χ1n) is 9.92. The molecule has 8 nitrogen and oxygen atoms in total. The van der Waals surface area contributed by atoms with Gasteiger partial charge in [-0.3, -0.25) is 4.79 Å². The summed E-state index contributed by atoms with van der Waals surface area (Å²) in [6, 6.07) is 7.84. The molecule has 158 valence electrons. The van der Waals surface area contributed by atoms with Crippen LogP contribution < -0.4 is 14.4 Å². The van der Waals surface area contributed by atoms with E-state index in [1.54, 1.807) is 14.2 Å². The number of aryl methyl sites for hydroxylation is 2. The smallest absolute Gasteiger partial charge is 0.302 e. The molecule has 0 bridgehead atoms. The van der Waals surface area contributed by atoms with Crippen molar-refractivity contribution in [3.63, 3.8) is 0 Å².